The highest BCUT2D eigenvalue weighted by molar-refractivity contribution is 7.89. The van der Waals surface area contributed by atoms with Crippen LogP contribution in [0.15, 0.2) is 29.2 Å². The SMILES string of the molecule is CC(=O)CC1CCCCCN1S(=O)(=O)c1ccccc1Cl. The Labute approximate surface area is 131 Å². The van der Waals surface area contributed by atoms with E-state index in [1.165, 1.54) is 17.3 Å². The number of nitrogens with zero attached hydrogens (tertiary/aromatic N) is 1. The van der Waals surface area contributed by atoms with Gasteiger partial charge in [-0.25, -0.2) is 8.42 Å². The number of hydrogen-bond acceptors (Lipinski definition) is 3. The van der Waals surface area contributed by atoms with Crippen molar-refractivity contribution in [3.05, 3.63) is 29.3 Å². The molecule has 1 fully saturated rings. The second-order valence-corrected chi connectivity index (χ2v) is 7.72. The number of rotatable bonds is 4. The molecule has 0 amide bonds. The molecule has 0 bridgehead atoms. The van der Waals surface area contributed by atoms with Crippen molar-refractivity contribution in [1.82, 2.24) is 4.31 Å². The number of halogens is 1. The third-order valence-corrected chi connectivity index (χ3v) is 6.22. The fourth-order valence-corrected chi connectivity index (χ4v) is 4.97. The molecule has 1 aromatic carbocycles. The van der Waals surface area contributed by atoms with Gasteiger partial charge >= 0.3 is 0 Å². The Morgan fingerprint density at radius 1 is 1.29 bits per heavy atom. The lowest BCUT2D eigenvalue weighted by atomic mass is 10.1. The zero-order valence-corrected chi connectivity index (χ0v) is 13.7. The van der Waals surface area contributed by atoms with Crippen molar-refractivity contribution in [1.29, 1.82) is 0 Å². The minimum Gasteiger partial charge on any atom is -0.300 e. The fourth-order valence-electron chi connectivity index (χ4n) is 2.78. The van der Waals surface area contributed by atoms with Crippen LogP contribution in [0, 0.1) is 0 Å². The molecule has 0 aliphatic carbocycles. The van der Waals surface area contributed by atoms with E-state index in [0.717, 1.165) is 25.7 Å². The predicted octanol–water partition coefficient (Wildman–Crippen LogP) is 3.25. The Hall–Kier alpha value is -0.910. The first-order chi connectivity index (χ1) is 9.93. The minimum atomic E-state index is -3.66. The van der Waals surface area contributed by atoms with Crippen LogP contribution in [-0.4, -0.2) is 31.1 Å². The fraction of sp³-hybridized carbons (Fsp3) is 0.533. The summed E-state index contributed by atoms with van der Waals surface area (Å²) in [5.41, 5.74) is 0. The molecule has 21 heavy (non-hydrogen) atoms. The van der Waals surface area contributed by atoms with Crippen LogP contribution < -0.4 is 0 Å². The molecular weight excluding hydrogens is 310 g/mol. The Morgan fingerprint density at radius 3 is 2.67 bits per heavy atom. The van der Waals surface area contributed by atoms with E-state index >= 15 is 0 Å². The lowest BCUT2D eigenvalue weighted by Crippen LogP contribution is -2.41. The summed E-state index contributed by atoms with van der Waals surface area (Å²) >= 11 is 6.05. The molecule has 116 valence electrons. The van der Waals surface area contributed by atoms with E-state index in [0.29, 0.717) is 6.54 Å². The summed E-state index contributed by atoms with van der Waals surface area (Å²) in [5, 5.41) is 0.225. The summed E-state index contributed by atoms with van der Waals surface area (Å²) in [7, 11) is -3.66. The Bertz CT molecular complexity index is 615. The molecule has 1 aromatic rings. The molecule has 1 saturated heterocycles. The third-order valence-electron chi connectivity index (χ3n) is 3.77. The molecule has 1 atom stereocenters. The summed E-state index contributed by atoms with van der Waals surface area (Å²) in [6, 6.07) is 6.21. The summed E-state index contributed by atoms with van der Waals surface area (Å²) in [6.07, 6.45) is 3.75. The zero-order chi connectivity index (χ0) is 15.5. The largest absolute Gasteiger partial charge is 0.300 e. The summed E-state index contributed by atoms with van der Waals surface area (Å²) < 4.78 is 27.2. The van der Waals surface area contributed by atoms with E-state index < -0.39 is 10.0 Å². The van der Waals surface area contributed by atoms with Crippen molar-refractivity contribution in [3.63, 3.8) is 0 Å². The van der Waals surface area contributed by atoms with Crippen LogP contribution in [-0.2, 0) is 14.8 Å². The number of carbonyl (C=O) groups excluding carboxylic acids is 1. The molecule has 0 aromatic heterocycles. The molecular formula is C15H20ClNO3S. The first kappa shape index (κ1) is 16.5. The minimum absolute atomic E-state index is 0.0151. The summed E-state index contributed by atoms with van der Waals surface area (Å²) in [5.74, 6) is 0.0151. The zero-order valence-electron chi connectivity index (χ0n) is 12.1. The predicted molar refractivity (Wildman–Crippen MR) is 82.9 cm³/mol. The van der Waals surface area contributed by atoms with Gasteiger partial charge in [0.15, 0.2) is 0 Å². The molecule has 1 unspecified atom stereocenters. The number of Topliss-reactive ketones (excluding diaryl/α,β-unsaturated/α-hetero) is 1. The molecule has 1 heterocycles. The van der Waals surface area contributed by atoms with Gasteiger partial charge in [-0.1, -0.05) is 36.6 Å². The van der Waals surface area contributed by atoms with Crippen LogP contribution in [0.25, 0.3) is 0 Å². The normalized spacial score (nSPS) is 21.0. The first-order valence-corrected chi connectivity index (χ1v) is 9.00. The van der Waals surface area contributed by atoms with Crippen molar-refractivity contribution >= 4 is 27.4 Å². The standard InChI is InChI=1S/C15H20ClNO3S/c1-12(18)11-13-7-3-2-6-10-17(13)21(19,20)15-9-5-4-8-14(15)16/h4-5,8-9,13H,2-3,6-7,10-11H2,1H3. The topological polar surface area (TPSA) is 54.5 Å². The van der Waals surface area contributed by atoms with Gasteiger partial charge in [0.1, 0.15) is 10.7 Å². The van der Waals surface area contributed by atoms with Crippen molar-refractivity contribution in [2.75, 3.05) is 6.54 Å². The van der Waals surface area contributed by atoms with E-state index in [9.17, 15) is 13.2 Å². The van der Waals surface area contributed by atoms with Gasteiger partial charge in [0.25, 0.3) is 0 Å². The number of benzene rings is 1. The smallest absolute Gasteiger partial charge is 0.244 e. The molecule has 0 N–H and O–H groups in total. The quantitative estimate of drug-likeness (QED) is 0.852. The van der Waals surface area contributed by atoms with Crippen LogP contribution in [0.2, 0.25) is 5.02 Å². The number of carbonyl (C=O) groups is 1. The number of hydrogen-bond donors (Lipinski definition) is 0. The van der Waals surface area contributed by atoms with E-state index in [-0.39, 0.29) is 28.2 Å². The van der Waals surface area contributed by atoms with Gasteiger partial charge in [-0.05, 0) is 31.9 Å². The van der Waals surface area contributed by atoms with Crippen molar-refractivity contribution in [2.24, 2.45) is 0 Å². The molecule has 4 nitrogen and oxygen atoms in total. The average molecular weight is 330 g/mol. The van der Waals surface area contributed by atoms with Crippen LogP contribution in [0.1, 0.15) is 39.0 Å². The van der Waals surface area contributed by atoms with Crippen LogP contribution in [0.3, 0.4) is 0 Å². The summed E-state index contributed by atoms with van der Waals surface area (Å²) in [6.45, 7) is 1.96. The first-order valence-electron chi connectivity index (χ1n) is 7.18. The average Bonchev–Trinajstić information content (AvgIpc) is 2.64. The van der Waals surface area contributed by atoms with Crippen molar-refractivity contribution < 1.29 is 13.2 Å². The maximum absolute atomic E-state index is 12.9. The number of ketones is 1. The molecule has 6 heteroatoms. The third kappa shape index (κ3) is 3.84. The van der Waals surface area contributed by atoms with Gasteiger partial charge in [-0.3, -0.25) is 4.79 Å². The van der Waals surface area contributed by atoms with Crippen LogP contribution in [0.5, 0.6) is 0 Å². The lowest BCUT2D eigenvalue weighted by molar-refractivity contribution is -0.117. The monoisotopic (exact) mass is 329 g/mol. The molecule has 2 rings (SSSR count). The van der Waals surface area contributed by atoms with Gasteiger partial charge in [-0.15, -0.1) is 0 Å². The summed E-state index contributed by atoms with van der Waals surface area (Å²) in [4.78, 5) is 11.6. The van der Waals surface area contributed by atoms with Crippen LogP contribution >= 0.6 is 11.6 Å². The van der Waals surface area contributed by atoms with Crippen molar-refractivity contribution in [3.8, 4) is 0 Å². The lowest BCUT2D eigenvalue weighted by Gasteiger charge is -2.28. The Balaban J connectivity index is 2.39. The highest BCUT2D eigenvalue weighted by Crippen LogP contribution is 2.30. The van der Waals surface area contributed by atoms with Gasteiger partial charge < -0.3 is 0 Å². The Kier molecular flexibility index (Phi) is 5.41. The molecule has 0 saturated carbocycles. The van der Waals surface area contributed by atoms with Gasteiger partial charge in [-0.2, -0.15) is 4.31 Å². The molecule has 1 aliphatic heterocycles. The van der Waals surface area contributed by atoms with Gasteiger partial charge in [0, 0.05) is 19.0 Å². The van der Waals surface area contributed by atoms with E-state index in [1.807, 2.05) is 0 Å². The van der Waals surface area contributed by atoms with Crippen molar-refractivity contribution in [2.45, 2.75) is 50.0 Å². The van der Waals surface area contributed by atoms with E-state index in [2.05, 4.69) is 0 Å². The van der Waals surface area contributed by atoms with E-state index in [4.69, 9.17) is 11.6 Å². The maximum Gasteiger partial charge on any atom is 0.244 e. The van der Waals surface area contributed by atoms with Gasteiger partial charge in [0.05, 0.1) is 5.02 Å². The maximum atomic E-state index is 12.9. The highest BCUT2D eigenvalue weighted by atomic mass is 35.5. The highest BCUT2D eigenvalue weighted by Gasteiger charge is 2.34. The Morgan fingerprint density at radius 2 is 2.00 bits per heavy atom. The second kappa shape index (κ2) is 6.90. The molecule has 0 radical (unpaired) electrons. The molecule has 0 spiro atoms. The van der Waals surface area contributed by atoms with E-state index in [1.54, 1.807) is 18.2 Å². The van der Waals surface area contributed by atoms with Crippen LogP contribution in [0.4, 0.5) is 0 Å². The molecule has 1 aliphatic rings. The van der Waals surface area contributed by atoms with Gasteiger partial charge in [0.2, 0.25) is 10.0 Å². The second-order valence-electron chi connectivity index (χ2n) is 5.46. The number of sulfonamides is 1.